The number of methoxy groups -OCH3 is 1. The van der Waals surface area contributed by atoms with Crippen molar-refractivity contribution in [1.29, 1.82) is 0 Å². The molecular formula is C17H18F2N2O3. The number of likely N-dealkylation sites (tertiary alicyclic amines) is 1. The minimum absolute atomic E-state index is 0.0787. The van der Waals surface area contributed by atoms with Crippen molar-refractivity contribution in [1.82, 2.24) is 9.88 Å². The number of hydrogen-bond donors (Lipinski definition) is 0. The molecule has 1 saturated heterocycles. The highest BCUT2D eigenvalue weighted by Gasteiger charge is 2.37. The number of esters is 1. The van der Waals surface area contributed by atoms with Crippen LogP contribution in [0.2, 0.25) is 0 Å². The lowest BCUT2D eigenvalue weighted by Gasteiger charge is -2.29. The quantitative estimate of drug-likeness (QED) is 0.359. The van der Waals surface area contributed by atoms with E-state index >= 15 is 0 Å². The van der Waals surface area contributed by atoms with Gasteiger partial charge in [-0.15, -0.1) is 6.58 Å². The molecule has 1 aromatic heterocycles. The Morgan fingerprint density at radius 1 is 1.42 bits per heavy atom. The highest BCUT2D eigenvalue weighted by molar-refractivity contribution is 5.82. The van der Waals surface area contributed by atoms with Crippen LogP contribution >= 0.6 is 0 Å². The first-order chi connectivity index (χ1) is 11.5. The van der Waals surface area contributed by atoms with E-state index in [1.54, 1.807) is 6.08 Å². The second-order valence-electron chi connectivity index (χ2n) is 5.35. The molecule has 1 amide bonds. The smallest absolute Gasteiger partial charge is 0.330 e. The molecule has 0 N–H and O–H groups in total. The first-order valence-corrected chi connectivity index (χ1v) is 7.48. The van der Waals surface area contributed by atoms with Crippen LogP contribution in [-0.2, 0) is 14.3 Å². The molecular weight excluding hydrogens is 318 g/mol. The first kappa shape index (κ1) is 17.8. The Hall–Kier alpha value is -2.57. The van der Waals surface area contributed by atoms with Crippen LogP contribution in [0.25, 0.3) is 0 Å². The van der Waals surface area contributed by atoms with E-state index in [1.807, 2.05) is 0 Å². The molecule has 0 radical (unpaired) electrons. The van der Waals surface area contributed by atoms with Crippen molar-refractivity contribution < 1.29 is 23.1 Å². The van der Waals surface area contributed by atoms with Gasteiger partial charge in [0.05, 0.1) is 19.2 Å². The third-order valence-electron chi connectivity index (χ3n) is 3.89. The Kier molecular flexibility index (Phi) is 5.78. The van der Waals surface area contributed by atoms with E-state index < -0.39 is 23.9 Å². The van der Waals surface area contributed by atoms with Crippen LogP contribution in [0.15, 0.2) is 36.9 Å². The van der Waals surface area contributed by atoms with Gasteiger partial charge in [0.15, 0.2) is 0 Å². The highest BCUT2D eigenvalue weighted by atomic mass is 19.1. The Morgan fingerprint density at radius 2 is 2.17 bits per heavy atom. The summed E-state index contributed by atoms with van der Waals surface area (Å²) in [5.74, 6) is -2.64. The molecule has 1 aromatic rings. The van der Waals surface area contributed by atoms with Crippen molar-refractivity contribution in [3.05, 3.63) is 54.4 Å². The lowest BCUT2D eigenvalue weighted by Crippen LogP contribution is -2.36. The number of amides is 1. The third kappa shape index (κ3) is 3.84. The van der Waals surface area contributed by atoms with Gasteiger partial charge in [-0.2, -0.15) is 13.8 Å². The molecule has 2 heterocycles. The molecule has 0 spiro atoms. The summed E-state index contributed by atoms with van der Waals surface area (Å²) < 4.78 is 31.6. The molecule has 5 nitrogen and oxygen atoms in total. The molecule has 24 heavy (non-hydrogen) atoms. The lowest BCUT2D eigenvalue weighted by atomic mass is 10.1. The summed E-state index contributed by atoms with van der Waals surface area (Å²) in [4.78, 5) is 28.4. The number of nitrogens with zero attached hydrogens (tertiary/aromatic N) is 2. The lowest BCUT2D eigenvalue weighted by molar-refractivity contribution is -0.135. The van der Waals surface area contributed by atoms with E-state index in [-0.39, 0.29) is 23.9 Å². The molecule has 0 aromatic carbocycles. The Labute approximate surface area is 138 Å². The maximum Gasteiger partial charge on any atom is 0.330 e. The molecule has 0 bridgehead atoms. The van der Waals surface area contributed by atoms with Gasteiger partial charge in [0.2, 0.25) is 17.8 Å². The second kappa shape index (κ2) is 7.81. The molecule has 7 heteroatoms. The summed E-state index contributed by atoms with van der Waals surface area (Å²) in [6, 6.07) is 1.40. The molecule has 0 unspecified atom stereocenters. The number of ether oxygens (including phenoxy) is 1. The van der Waals surface area contributed by atoms with Crippen molar-refractivity contribution in [3.63, 3.8) is 0 Å². The second-order valence-corrected chi connectivity index (χ2v) is 5.35. The first-order valence-electron chi connectivity index (χ1n) is 7.48. The van der Waals surface area contributed by atoms with Gasteiger partial charge >= 0.3 is 5.97 Å². The number of rotatable bonds is 5. The van der Waals surface area contributed by atoms with E-state index in [0.29, 0.717) is 12.8 Å². The van der Waals surface area contributed by atoms with Gasteiger partial charge in [0.25, 0.3) is 0 Å². The zero-order valence-corrected chi connectivity index (χ0v) is 13.2. The third-order valence-corrected chi connectivity index (χ3v) is 3.89. The summed E-state index contributed by atoms with van der Waals surface area (Å²) in [6.45, 7) is 3.54. The molecule has 1 fully saturated rings. The van der Waals surface area contributed by atoms with E-state index in [9.17, 15) is 18.4 Å². The zero-order valence-electron chi connectivity index (χ0n) is 13.2. The fourth-order valence-corrected chi connectivity index (χ4v) is 2.85. The Balaban J connectivity index is 2.33. The van der Waals surface area contributed by atoms with Gasteiger partial charge in [-0.25, -0.2) is 4.79 Å². The van der Waals surface area contributed by atoms with E-state index in [4.69, 9.17) is 0 Å². The Bertz CT molecular complexity index is 676. The van der Waals surface area contributed by atoms with Gasteiger partial charge in [0, 0.05) is 18.1 Å². The van der Waals surface area contributed by atoms with Gasteiger partial charge < -0.3 is 9.64 Å². The van der Waals surface area contributed by atoms with Crippen LogP contribution in [0.4, 0.5) is 8.78 Å². The number of aromatic nitrogens is 1. The minimum atomic E-state index is -0.936. The van der Waals surface area contributed by atoms with Crippen molar-refractivity contribution in [2.45, 2.75) is 31.3 Å². The van der Waals surface area contributed by atoms with Gasteiger partial charge in [-0.1, -0.05) is 12.2 Å². The summed E-state index contributed by atoms with van der Waals surface area (Å²) in [7, 11) is 1.25. The van der Waals surface area contributed by atoms with Crippen LogP contribution in [0.1, 0.15) is 30.9 Å². The predicted octanol–water partition coefficient (Wildman–Crippen LogP) is 2.70. The van der Waals surface area contributed by atoms with Gasteiger partial charge in [-0.05, 0) is 25.0 Å². The predicted molar refractivity (Wildman–Crippen MR) is 82.7 cm³/mol. The van der Waals surface area contributed by atoms with Crippen LogP contribution in [0, 0.1) is 11.9 Å². The average molecular weight is 336 g/mol. The van der Waals surface area contributed by atoms with Crippen LogP contribution in [-0.4, -0.2) is 34.9 Å². The topological polar surface area (TPSA) is 59.5 Å². The van der Waals surface area contributed by atoms with Crippen LogP contribution in [0.5, 0.6) is 0 Å². The molecule has 128 valence electrons. The molecule has 1 aliphatic rings. The van der Waals surface area contributed by atoms with Crippen molar-refractivity contribution >= 4 is 11.9 Å². The van der Waals surface area contributed by atoms with E-state index in [1.165, 1.54) is 30.2 Å². The monoisotopic (exact) mass is 336 g/mol. The number of hydrogen-bond acceptors (Lipinski definition) is 4. The van der Waals surface area contributed by atoms with Crippen molar-refractivity contribution in [3.8, 4) is 0 Å². The molecule has 2 rings (SSSR count). The number of carbonyl (C=O) groups is 2. The molecule has 0 aliphatic carbocycles. The van der Waals surface area contributed by atoms with Gasteiger partial charge in [-0.3, -0.25) is 4.79 Å². The van der Waals surface area contributed by atoms with Crippen LogP contribution < -0.4 is 0 Å². The highest BCUT2D eigenvalue weighted by Crippen LogP contribution is 2.38. The molecule has 2 atom stereocenters. The summed E-state index contributed by atoms with van der Waals surface area (Å²) >= 11 is 0. The van der Waals surface area contributed by atoms with Crippen molar-refractivity contribution in [2.75, 3.05) is 7.11 Å². The normalized spacial score (nSPS) is 20.4. The molecule has 1 aliphatic heterocycles. The standard InChI is InChI=1S/C17H18F2N2O3/c1-3-4-15(22)21-11(6-10-16(23)24-2)5-8-13(21)12-7-9-14(18)20-17(12)19/h3,6-7,9-11,13H,1,4-5,8H2,2H3/t11-,13+/m1/s1. The number of halogens is 2. The van der Waals surface area contributed by atoms with Crippen molar-refractivity contribution in [2.24, 2.45) is 0 Å². The summed E-state index contributed by atoms with van der Waals surface area (Å²) in [5, 5.41) is 0. The molecule has 0 saturated carbocycles. The minimum Gasteiger partial charge on any atom is -0.466 e. The largest absolute Gasteiger partial charge is 0.466 e. The fraction of sp³-hybridized carbons (Fsp3) is 0.353. The number of carbonyl (C=O) groups excluding carboxylic acids is 2. The van der Waals surface area contributed by atoms with E-state index in [2.05, 4.69) is 16.3 Å². The SMILES string of the molecule is C=CCC(=O)N1[C@@H](C=CC(=O)OC)CC[C@H]1c1ccc(F)nc1F. The maximum absolute atomic E-state index is 14.0. The Morgan fingerprint density at radius 3 is 2.79 bits per heavy atom. The summed E-state index contributed by atoms with van der Waals surface area (Å²) in [5.41, 5.74) is 0.155. The zero-order chi connectivity index (χ0) is 17.7. The van der Waals surface area contributed by atoms with E-state index in [0.717, 1.165) is 6.07 Å². The van der Waals surface area contributed by atoms with Crippen LogP contribution in [0.3, 0.4) is 0 Å². The summed E-state index contributed by atoms with van der Waals surface area (Å²) in [6.07, 6.45) is 5.34. The van der Waals surface area contributed by atoms with Gasteiger partial charge in [0.1, 0.15) is 0 Å². The maximum atomic E-state index is 14.0. The average Bonchev–Trinajstić information content (AvgIpc) is 2.96. The fourth-order valence-electron chi connectivity index (χ4n) is 2.85. The number of pyridine rings is 1.